The summed E-state index contributed by atoms with van der Waals surface area (Å²) in [7, 11) is 1.50. The van der Waals surface area contributed by atoms with E-state index in [1.807, 2.05) is 17.9 Å². The molecule has 1 aromatic carbocycles. The van der Waals surface area contributed by atoms with Crippen LogP contribution in [0.25, 0.3) is 0 Å². The van der Waals surface area contributed by atoms with E-state index < -0.39 is 0 Å². The van der Waals surface area contributed by atoms with E-state index in [2.05, 4.69) is 39.4 Å². The molecule has 2 aliphatic heterocycles. The van der Waals surface area contributed by atoms with Crippen molar-refractivity contribution in [3.8, 4) is 0 Å². The molecule has 9 heteroatoms. The molecule has 3 heterocycles. The van der Waals surface area contributed by atoms with Gasteiger partial charge in [0, 0.05) is 71.2 Å². The lowest BCUT2D eigenvalue weighted by molar-refractivity contribution is -0.125. The number of para-hydroxylation sites is 1. The summed E-state index contributed by atoms with van der Waals surface area (Å²) in [4.78, 5) is 44.5. The van der Waals surface area contributed by atoms with Gasteiger partial charge >= 0.3 is 5.69 Å². The number of piperidine rings is 1. The Morgan fingerprint density at radius 2 is 1.77 bits per heavy atom. The zero-order valence-corrected chi connectivity index (χ0v) is 21.0. The quantitative estimate of drug-likeness (QED) is 0.568. The Bertz CT molecular complexity index is 1100. The highest BCUT2D eigenvalue weighted by Crippen LogP contribution is 2.22. The summed E-state index contributed by atoms with van der Waals surface area (Å²) < 4.78 is 2.74. The predicted molar refractivity (Wildman–Crippen MR) is 139 cm³/mol. The van der Waals surface area contributed by atoms with Gasteiger partial charge in [0.15, 0.2) is 0 Å². The van der Waals surface area contributed by atoms with Crippen LogP contribution in [0.3, 0.4) is 0 Å². The Morgan fingerprint density at radius 1 is 1.03 bits per heavy atom. The number of aromatic nitrogens is 2. The van der Waals surface area contributed by atoms with Crippen LogP contribution in [0.5, 0.6) is 0 Å². The molecule has 1 N–H and O–H groups in total. The fraction of sp³-hybridized carbons (Fsp3) is 0.577. The number of benzene rings is 1. The van der Waals surface area contributed by atoms with Gasteiger partial charge in [0.25, 0.3) is 5.56 Å². The van der Waals surface area contributed by atoms with Crippen LogP contribution in [0, 0.1) is 5.92 Å². The molecule has 4 rings (SSSR count). The number of rotatable bonds is 8. The molecule has 1 aromatic heterocycles. The normalized spacial score (nSPS) is 19.1. The van der Waals surface area contributed by atoms with Gasteiger partial charge < -0.3 is 15.1 Å². The first-order chi connectivity index (χ1) is 17.0. The molecule has 2 fully saturated rings. The number of carbonyl (C=O) groups is 1. The smallest absolute Gasteiger partial charge is 0.332 e. The monoisotopic (exact) mass is 482 g/mol. The van der Waals surface area contributed by atoms with E-state index in [0.29, 0.717) is 25.5 Å². The summed E-state index contributed by atoms with van der Waals surface area (Å²) in [6.07, 6.45) is 2.61. The third-order valence-electron chi connectivity index (χ3n) is 7.25. The lowest BCUT2D eigenvalue weighted by Crippen LogP contribution is -2.48. The van der Waals surface area contributed by atoms with Crippen molar-refractivity contribution >= 4 is 17.4 Å². The van der Waals surface area contributed by atoms with E-state index in [4.69, 9.17) is 0 Å². The van der Waals surface area contributed by atoms with Crippen molar-refractivity contribution in [3.05, 3.63) is 57.2 Å². The maximum absolute atomic E-state index is 12.9. The molecule has 0 bridgehead atoms. The Hall–Kier alpha value is -3.07. The van der Waals surface area contributed by atoms with Crippen LogP contribution < -0.4 is 26.4 Å². The van der Waals surface area contributed by atoms with Crippen LogP contribution in [0.2, 0.25) is 0 Å². The second kappa shape index (κ2) is 11.6. The lowest BCUT2D eigenvalue weighted by Gasteiger charge is -2.36. The molecular weight excluding hydrogens is 444 g/mol. The van der Waals surface area contributed by atoms with E-state index in [1.54, 1.807) is 4.57 Å². The fourth-order valence-electron chi connectivity index (χ4n) is 5.14. The van der Waals surface area contributed by atoms with Gasteiger partial charge in [0.05, 0.1) is 5.92 Å². The van der Waals surface area contributed by atoms with Crippen molar-refractivity contribution in [3.63, 3.8) is 0 Å². The van der Waals surface area contributed by atoms with Crippen LogP contribution in [0.4, 0.5) is 11.5 Å². The summed E-state index contributed by atoms with van der Waals surface area (Å²) in [6.45, 7) is 9.42. The van der Waals surface area contributed by atoms with Gasteiger partial charge in [-0.15, -0.1) is 0 Å². The largest absolute Gasteiger partial charge is 0.369 e. The van der Waals surface area contributed by atoms with Crippen molar-refractivity contribution in [2.75, 3.05) is 62.2 Å². The number of anilines is 2. The molecule has 0 unspecified atom stereocenters. The minimum absolute atomic E-state index is 0.0674. The minimum Gasteiger partial charge on any atom is -0.369 e. The van der Waals surface area contributed by atoms with Crippen LogP contribution in [-0.2, 0) is 18.4 Å². The highest BCUT2D eigenvalue weighted by atomic mass is 16.2. The first-order valence-electron chi connectivity index (χ1n) is 12.8. The molecule has 0 saturated carbocycles. The number of carbonyl (C=O) groups excluding carboxylic acids is 1. The van der Waals surface area contributed by atoms with Crippen LogP contribution >= 0.6 is 0 Å². The Balaban J connectivity index is 1.22. The minimum atomic E-state index is -0.314. The summed E-state index contributed by atoms with van der Waals surface area (Å²) in [5.41, 5.74) is 0.657. The zero-order chi connectivity index (χ0) is 24.8. The fourth-order valence-corrected chi connectivity index (χ4v) is 5.14. The molecular formula is C26H38N6O3. The number of hydrogen-bond donors (Lipinski definition) is 1. The molecule has 0 aliphatic carbocycles. The Kier molecular flexibility index (Phi) is 8.28. The van der Waals surface area contributed by atoms with Crippen molar-refractivity contribution in [1.82, 2.24) is 19.4 Å². The third kappa shape index (κ3) is 5.96. The van der Waals surface area contributed by atoms with Gasteiger partial charge in [-0.05, 0) is 44.9 Å². The number of amides is 1. The van der Waals surface area contributed by atoms with Crippen molar-refractivity contribution in [2.24, 2.45) is 13.0 Å². The van der Waals surface area contributed by atoms with Gasteiger partial charge in [-0.2, -0.15) is 0 Å². The lowest BCUT2D eigenvalue weighted by atomic mass is 9.97. The molecule has 9 nitrogen and oxygen atoms in total. The van der Waals surface area contributed by atoms with Gasteiger partial charge in [-0.3, -0.25) is 23.6 Å². The molecule has 1 amide bonds. The van der Waals surface area contributed by atoms with Gasteiger partial charge in [0.1, 0.15) is 5.82 Å². The maximum atomic E-state index is 12.9. The topological polar surface area (TPSA) is 82.8 Å². The SMILES string of the molecule is CCn1c(N2CCC[C@H](C(=O)NCCCN3CCN(c4ccccc4)CC3)C2)cc(=O)n(C)c1=O. The average molecular weight is 483 g/mol. The Labute approximate surface area is 206 Å². The van der Waals surface area contributed by atoms with E-state index in [9.17, 15) is 14.4 Å². The molecule has 190 valence electrons. The first-order valence-corrected chi connectivity index (χ1v) is 12.8. The molecule has 2 saturated heterocycles. The van der Waals surface area contributed by atoms with Crippen molar-refractivity contribution in [1.29, 1.82) is 0 Å². The van der Waals surface area contributed by atoms with Gasteiger partial charge in [-0.25, -0.2) is 4.79 Å². The molecule has 2 aromatic rings. The summed E-state index contributed by atoms with van der Waals surface area (Å²) in [6, 6.07) is 12.1. The third-order valence-corrected chi connectivity index (χ3v) is 7.25. The van der Waals surface area contributed by atoms with Crippen molar-refractivity contribution in [2.45, 2.75) is 32.7 Å². The maximum Gasteiger partial charge on any atom is 0.332 e. The highest BCUT2D eigenvalue weighted by molar-refractivity contribution is 5.79. The highest BCUT2D eigenvalue weighted by Gasteiger charge is 2.27. The molecule has 1 atom stereocenters. The van der Waals surface area contributed by atoms with Gasteiger partial charge in [0.2, 0.25) is 5.91 Å². The number of piperazine rings is 1. The molecule has 35 heavy (non-hydrogen) atoms. The summed E-state index contributed by atoms with van der Waals surface area (Å²) in [5, 5.41) is 3.12. The number of nitrogens with one attached hydrogen (secondary N) is 1. The second-order valence-electron chi connectivity index (χ2n) is 9.52. The number of nitrogens with zero attached hydrogens (tertiary/aromatic N) is 5. The summed E-state index contributed by atoms with van der Waals surface area (Å²) in [5.74, 6) is 0.549. The summed E-state index contributed by atoms with van der Waals surface area (Å²) >= 11 is 0. The van der Waals surface area contributed by atoms with Crippen LogP contribution in [0.1, 0.15) is 26.2 Å². The molecule has 2 aliphatic rings. The Morgan fingerprint density at radius 3 is 2.49 bits per heavy atom. The molecule has 0 spiro atoms. The van der Waals surface area contributed by atoms with E-state index in [0.717, 1.165) is 63.1 Å². The molecule has 0 radical (unpaired) electrons. The standard InChI is InChI=1S/C26H38N6O3/c1-3-32-23(19-24(33)28(2)26(32)35)31-14-7-9-21(20-31)25(34)27-12-8-13-29-15-17-30(18-16-29)22-10-5-4-6-11-22/h4-6,10-11,19,21H,3,7-9,12-18,20H2,1-2H3,(H,27,34)/t21-/m0/s1. The van der Waals surface area contributed by atoms with E-state index in [1.165, 1.54) is 18.8 Å². The predicted octanol–water partition coefficient (Wildman–Crippen LogP) is 1.11. The van der Waals surface area contributed by atoms with Gasteiger partial charge in [-0.1, -0.05) is 18.2 Å². The first kappa shape index (κ1) is 25.0. The zero-order valence-electron chi connectivity index (χ0n) is 21.0. The van der Waals surface area contributed by atoms with Crippen molar-refractivity contribution < 1.29 is 4.79 Å². The van der Waals surface area contributed by atoms with Crippen LogP contribution in [-0.4, -0.2) is 72.3 Å². The second-order valence-corrected chi connectivity index (χ2v) is 9.52. The van der Waals surface area contributed by atoms with E-state index in [-0.39, 0.29) is 23.1 Å². The number of hydrogen-bond acceptors (Lipinski definition) is 6. The average Bonchev–Trinajstić information content (AvgIpc) is 2.90. The van der Waals surface area contributed by atoms with E-state index >= 15 is 0 Å². The van der Waals surface area contributed by atoms with Crippen LogP contribution in [0.15, 0.2) is 46.0 Å².